The topological polar surface area (TPSA) is 52.9 Å². The first-order valence-corrected chi connectivity index (χ1v) is 7.25. The smallest absolute Gasteiger partial charge is 0.220 e. The van der Waals surface area contributed by atoms with Gasteiger partial charge in [0.1, 0.15) is 0 Å². The number of amides is 1. The Morgan fingerprint density at radius 3 is 2.94 bits per heavy atom. The molecule has 0 saturated carbocycles. The molecule has 4 heteroatoms. The molecule has 0 aliphatic heterocycles. The average Bonchev–Trinajstić information content (AvgIpc) is 2.39. The number of carbonyl (C=O) groups excluding carboxylic acids is 1. The van der Waals surface area contributed by atoms with Crippen molar-refractivity contribution >= 4 is 17.7 Å². The molecule has 0 radical (unpaired) electrons. The number of benzene rings is 1. The van der Waals surface area contributed by atoms with E-state index in [1.165, 1.54) is 0 Å². The maximum Gasteiger partial charge on any atom is 0.220 e. The molecule has 0 aliphatic rings. The lowest BCUT2D eigenvalue weighted by Gasteiger charge is -2.05. The second kappa shape index (κ2) is 8.60. The van der Waals surface area contributed by atoms with E-state index >= 15 is 0 Å². The molecule has 0 atom stereocenters. The van der Waals surface area contributed by atoms with Crippen LogP contribution in [0, 0.1) is 11.3 Å². The number of thioether (sulfide) groups is 1. The van der Waals surface area contributed by atoms with Crippen LogP contribution in [-0.2, 0) is 10.5 Å². The fraction of sp³-hybridized carbons (Fsp3) is 0.429. The molecule has 1 aromatic rings. The molecule has 0 bridgehead atoms. The Balaban J connectivity index is 2.22. The minimum atomic E-state index is 0.121. The molecule has 1 aromatic carbocycles. The zero-order chi connectivity index (χ0) is 13.2. The summed E-state index contributed by atoms with van der Waals surface area (Å²) in [5.41, 5.74) is 1.80. The van der Waals surface area contributed by atoms with Gasteiger partial charge >= 0.3 is 0 Å². The first-order chi connectivity index (χ1) is 8.77. The molecular weight excluding hydrogens is 244 g/mol. The third-order valence-corrected chi connectivity index (χ3v) is 3.45. The van der Waals surface area contributed by atoms with Crippen molar-refractivity contribution in [2.24, 2.45) is 0 Å². The summed E-state index contributed by atoms with van der Waals surface area (Å²) >= 11 is 1.73. The third kappa shape index (κ3) is 5.24. The third-order valence-electron chi connectivity index (χ3n) is 2.44. The summed E-state index contributed by atoms with van der Waals surface area (Å²) in [6.45, 7) is 2.69. The molecule has 96 valence electrons. The van der Waals surface area contributed by atoms with Crippen molar-refractivity contribution in [1.82, 2.24) is 5.32 Å². The number of nitrogens with zero attached hydrogens (tertiary/aromatic N) is 1. The van der Waals surface area contributed by atoms with E-state index in [9.17, 15) is 4.79 Å². The van der Waals surface area contributed by atoms with E-state index in [1.807, 2.05) is 31.2 Å². The molecular formula is C14H18N2OS. The van der Waals surface area contributed by atoms with Crippen LogP contribution in [0.25, 0.3) is 0 Å². The molecule has 0 unspecified atom stereocenters. The van der Waals surface area contributed by atoms with E-state index in [0.29, 0.717) is 13.0 Å². The minimum absolute atomic E-state index is 0.121. The lowest BCUT2D eigenvalue weighted by molar-refractivity contribution is -0.120. The lowest BCUT2D eigenvalue weighted by Crippen LogP contribution is -2.25. The highest BCUT2D eigenvalue weighted by Gasteiger charge is 2.01. The van der Waals surface area contributed by atoms with E-state index in [1.54, 1.807) is 11.8 Å². The number of rotatable bonds is 7. The maximum atomic E-state index is 11.2. The van der Waals surface area contributed by atoms with E-state index in [4.69, 9.17) is 5.26 Å². The van der Waals surface area contributed by atoms with Gasteiger partial charge in [-0.05, 0) is 18.1 Å². The molecule has 18 heavy (non-hydrogen) atoms. The van der Waals surface area contributed by atoms with Crippen LogP contribution in [0.4, 0.5) is 0 Å². The van der Waals surface area contributed by atoms with Gasteiger partial charge in [-0.3, -0.25) is 4.79 Å². The van der Waals surface area contributed by atoms with Crippen LogP contribution >= 0.6 is 11.8 Å². The van der Waals surface area contributed by atoms with Crippen LogP contribution in [0.2, 0.25) is 0 Å². The second-order valence-corrected chi connectivity index (χ2v) is 5.03. The van der Waals surface area contributed by atoms with Crippen molar-refractivity contribution in [3.05, 3.63) is 35.4 Å². The highest BCUT2D eigenvalue weighted by Crippen LogP contribution is 2.15. The van der Waals surface area contributed by atoms with E-state index < -0.39 is 0 Å². The van der Waals surface area contributed by atoms with Gasteiger partial charge in [-0.2, -0.15) is 17.0 Å². The number of hydrogen-bond donors (Lipinski definition) is 1. The van der Waals surface area contributed by atoms with E-state index in [-0.39, 0.29) is 5.91 Å². The first kappa shape index (κ1) is 14.6. The summed E-state index contributed by atoms with van der Waals surface area (Å²) in [5, 5.41) is 11.8. The molecule has 3 nitrogen and oxygen atoms in total. The lowest BCUT2D eigenvalue weighted by atomic mass is 10.1. The summed E-state index contributed by atoms with van der Waals surface area (Å²) in [7, 11) is 0. The zero-order valence-corrected chi connectivity index (χ0v) is 11.4. The van der Waals surface area contributed by atoms with Gasteiger partial charge in [0.15, 0.2) is 0 Å². The van der Waals surface area contributed by atoms with Crippen molar-refractivity contribution in [1.29, 1.82) is 5.26 Å². The molecule has 0 spiro atoms. The van der Waals surface area contributed by atoms with Crippen molar-refractivity contribution in [3.63, 3.8) is 0 Å². The van der Waals surface area contributed by atoms with Crippen molar-refractivity contribution in [2.75, 3.05) is 12.3 Å². The quantitative estimate of drug-likeness (QED) is 0.769. The minimum Gasteiger partial charge on any atom is -0.355 e. The second-order valence-electron chi connectivity index (χ2n) is 3.92. The van der Waals surface area contributed by atoms with Gasteiger partial charge < -0.3 is 5.32 Å². The summed E-state index contributed by atoms with van der Waals surface area (Å²) < 4.78 is 0. The van der Waals surface area contributed by atoms with Crippen LogP contribution in [0.5, 0.6) is 0 Å². The van der Waals surface area contributed by atoms with Gasteiger partial charge in [-0.25, -0.2) is 0 Å². The predicted octanol–water partition coefficient (Wildman–Crippen LogP) is 2.71. The Hall–Kier alpha value is -1.47. The summed E-state index contributed by atoms with van der Waals surface area (Å²) in [6, 6.07) is 9.81. The fourth-order valence-electron chi connectivity index (χ4n) is 1.52. The first-order valence-electron chi connectivity index (χ1n) is 6.10. The van der Waals surface area contributed by atoms with Gasteiger partial charge in [0.2, 0.25) is 5.91 Å². The van der Waals surface area contributed by atoms with Gasteiger partial charge in [0.05, 0.1) is 11.6 Å². The molecule has 0 aliphatic carbocycles. The predicted molar refractivity (Wildman–Crippen MR) is 75.2 cm³/mol. The summed E-state index contributed by atoms with van der Waals surface area (Å²) in [6.07, 6.45) is 1.48. The van der Waals surface area contributed by atoms with Crippen molar-refractivity contribution in [3.8, 4) is 6.07 Å². The SMILES string of the molecule is CCCC(=O)NCCSCc1ccccc1C#N. The number of nitriles is 1. The number of carbonyl (C=O) groups is 1. The summed E-state index contributed by atoms with van der Waals surface area (Å²) in [4.78, 5) is 11.2. The normalized spacial score (nSPS) is 9.78. The van der Waals surface area contributed by atoms with Crippen LogP contribution in [0.15, 0.2) is 24.3 Å². The van der Waals surface area contributed by atoms with E-state index in [0.717, 1.165) is 29.1 Å². The van der Waals surface area contributed by atoms with Crippen LogP contribution in [0.3, 0.4) is 0 Å². The molecule has 1 N–H and O–H groups in total. The largest absolute Gasteiger partial charge is 0.355 e. The van der Waals surface area contributed by atoms with Crippen LogP contribution in [0.1, 0.15) is 30.9 Å². The molecule has 1 amide bonds. The standard InChI is InChI=1S/C14H18N2OS/c1-2-5-14(17)16-8-9-18-11-13-7-4-3-6-12(13)10-15/h3-4,6-7H,2,5,8-9,11H2,1H3,(H,16,17). The monoisotopic (exact) mass is 262 g/mol. The molecule has 0 fully saturated rings. The van der Waals surface area contributed by atoms with Gasteiger partial charge in [0, 0.05) is 24.5 Å². The van der Waals surface area contributed by atoms with Crippen molar-refractivity contribution in [2.45, 2.75) is 25.5 Å². The van der Waals surface area contributed by atoms with Crippen LogP contribution < -0.4 is 5.32 Å². The molecule has 1 rings (SSSR count). The molecule has 0 heterocycles. The highest BCUT2D eigenvalue weighted by atomic mass is 32.2. The molecule has 0 aromatic heterocycles. The van der Waals surface area contributed by atoms with Crippen LogP contribution in [-0.4, -0.2) is 18.2 Å². The number of hydrogen-bond acceptors (Lipinski definition) is 3. The average molecular weight is 262 g/mol. The van der Waals surface area contributed by atoms with Crippen molar-refractivity contribution < 1.29 is 4.79 Å². The van der Waals surface area contributed by atoms with E-state index in [2.05, 4.69) is 11.4 Å². The Bertz CT molecular complexity index is 426. The Labute approximate surface area is 113 Å². The van der Waals surface area contributed by atoms with Gasteiger partial charge in [-0.15, -0.1) is 0 Å². The summed E-state index contributed by atoms with van der Waals surface area (Å²) in [5.74, 6) is 1.80. The Morgan fingerprint density at radius 1 is 1.44 bits per heavy atom. The van der Waals surface area contributed by atoms with Gasteiger partial charge in [-0.1, -0.05) is 25.1 Å². The fourth-order valence-corrected chi connectivity index (χ4v) is 2.38. The number of nitrogens with one attached hydrogen (secondary N) is 1. The Morgan fingerprint density at radius 2 is 2.22 bits per heavy atom. The van der Waals surface area contributed by atoms with Gasteiger partial charge in [0.25, 0.3) is 0 Å². The molecule has 0 saturated heterocycles. The highest BCUT2D eigenvalue weighted by molar-refractivity contribution is 7.98. The zero-order valence-electron chi connectivity index (χ0n) is 10.6. The maximum absolute atomic E-state index is 11.2. The Kier molecular flexibility index (Phi) is 6.97.